The fourth-order valence-electron chi connectivity index (χ4n) is 2.12. The van der Waals surface area contributed by atoms with Crippen LogP contribution in [-0.4, -0.2) is 6.29 Å². The van der Waals surface area contributed by atoms with Gasteiger partial charge in [0.25, 0.3) is 0 Å². The van der Waals surface area contributed by atoms with Gasteiger partial charge in [-0.3, -0.25) is 4.79 Å². The SMILES string of the molecule is O=Cc1ccccc1C#Cc1ccc2ccccc2c1. The molecule has 94 valence electrons. The van der Waals surface area contributed by atoms with E-state index in [9.17, 15) is 4.79 Å². The first-order valence-corrected chi connectivity index (χ1v) is 6.42. The van der Waals surface area contributed by atoms with Crippen molar-refractivity contribution >= 4 is 17.1 Å². The van der Waals surface area contributed by atoms with E-state index in [2.05, 4.69) is 36.1 Å². The fourth-order valence-corrected chi connectivity index (χ4v) is 2.12. The average molecular weight is 256 g/mol. The quantitative estimate of drug-likeness (QED) is 0.474. The summed E-state index contributed by atoms with van der Waals surface area (Å²) in [7, 11) is 0. The lowest BCUT2D eigenvalue weighted by atomic mass is 10.1. The Bertz CT molecular complexity index is 835. The highest BCUT2D eigenvalue weighted by Crippen LogP contribution is 2.15. The molecule has 0 atom stereocenters. The number of carbonyl (C=O) groups is 1. The number of rotatable bonds is 1. The third kappa shape index (κ3) is 2.46. The third-order valence-electron chi connectivity index (χ3n) is 3.18. The van der Waals surface area contributed by atoms with Crippen molar-refractivity contribution in [3.8, 4) is 11.8 Å². The summed E-state index contributed by atoms with van der Waals surface area (Å²) in [5, 5.41) is 2.37. The molecule has 1 nitrogen and oxygen atoms in total. The summed E-state index contributed by atoms with van der Waals surface area (Å²) in [5.74, 6) is 6.18. The molecule has 0 aliphatic heterocycles. The zero-order chi connectivity index (χ0) is 13.8. The summed E-state index contributed by atoms with van der Waals surface area (Å²) >= 11 is 0. The van der Waals surface area contributed by atoms with Crippen LogP contribution in [0.3, 0.4) is 0 Å². The second-order valence-electron chi connectivity index (χ2n) is 4.52. The lowest BCUT2D eigenvalue weighted by molar-refractivity contribution is 0.112. The van der Waals surface area contributed by atoms with Gasteiger partial charge in [-0.25, -0.2) is 0 Å². The second kappa shape index (κ2) is 5.42. The predicted molar refractivity (Wildman–Crippen MR) is 81.8 cm³/mol. The molecule has 0 bridgehead atoms. The van der Waals surface area contributed by atoms with Gasteiger partial charge in [0, 0.05) is 16.7 Å². The van der Waals surface area contributed by atoms with Crippen molar-refractivity contribution in [2.75, 3.05) is 0 Å². The highest BCUT2D eigenvalue weighted by atomic mass is 16.1. The second-order valence-corrected chi connectivity index (χ2v) is 4.52. The van der Waals surface area contributed by atoms with Crippen LogP contribution in [0.15, 0.2) is 66.7 Å². The molecule has 0 saturated heterocycles. The molecule has 3 aromatic carbocycles. The van der Waals surface area contributed by atoms with Crippen molar-refractivity contribution in [3.05, 3.63) is 83.4 Å². The van der Waals surface area contributed by atoms with Crippen molar-refractivity contribution in [1.82, 2.24) is 0 Å². The van der Waals surface area contributed by atoms with Crippen molar-refractivity contribution in [2.24, 2.45) is 0 Å². The monoisotopic (exact) mass is 256 g/mol. The number of hydrogen-bond donors (Lipinski definition) is 0. The Morgan fingerprint density at radius 2 is 1.50 bits per heavy atom. The van der Waals surface area contributed by atoms with Crippen LogP contribution in [0, 0.1) is 11.8 Å². The van der Waals surface area contributed by atoms with Gasteiger partial charge in [-0.15, -0.1) is 0 Å². The smallest absolute Gasteiger partial charge is 0.151 e. The Hall–Kier alpha value is -2.85. The molecule has 3 aromatic rings. The fraction of sp³-hybridized carbons (Fsp3) is 0. The molecule has 0 radical (unpaired) electrons. The van der Waals surface area contributed by atoms with E-state index in [1.54, 1.807) is 6.07 Å². The van der Waals surface area contributed by atoms with Crippen LogP contribution < -0.4 is 0 Å². The standard InChI is InChI=1S/C19H12O/c20-14-19-8-4-2-6-17(19)12-10-15-9-11-16-5-1-3-7-18(16)13-15/h1-9,11,13-14H. The Labute approximate surface area is 117 Å². The van der Waals surface area contributed by atoms with Gasteiger partial charge in [0.2, 0.25) is 0 Å². The molecule has 3 rings (SSSR count). The largest absolute Gasteiger partial charge is 0.298 e. The van der Waals surface area contributed by atoms with E-state index in [-0.39, 0.29) is 0 Å². The zero-order valence-corrected chi connectivity index (χ0v) is 10.8. The minimum absolute atomic E-state index is 0.626. The van der Waals surface area contributed by atoms with Gasteiger partial charge in [-0.1, -0.05) is 60.4 Å². The number of carbonyl (C=O) groups excluding carboxylic acids is 1. The van der Waals surface area contributed by atoms with Gasteiger partial charge in [0.05, 0.1) is 0 Å². The normalized spacial score (nSPS) is 9.80. The maximum absolute atomic E-state index is 10.9. The molecular formula is C19H12O. The molecule has 0 fully saturated rings. The van der Waals surface area contributed by atoms with Gasteiger partial charge in [0.1, 0.15) is 0 Å². The molecule has 0 saturated carbocycles. The van der Waals surface area contributed by atoms with E-state index in [0.29, 0.717) is 5.56 Å². The van der Waals surface area contributed by atoms with Crippen LogP contribution in [0.25, 0.3) is 10.8 Å². The molecule has 0 aliphatic rings. The first-order chi connectivity index (χ1) is 9.86. The summed E-state index contributed by atoms with van der Waals surface area (Å²) in [4.78, 5) is 10.9. The van der Waals surface area contributed by atoms with Gasteiger partial charge in [0.15, 0.2) is 6.29 Å². The maximum Gasteiger partial charge on any atom is 0.151 e. The lowest BCUT2D eigenvalue weighted by Crippen LogP contribution is -1.85. The van der Waals surface area contributed by atoms with Gasteiger partial charge in [-0.2, -0.15) is 0 Å². The van der Waals surface area contributed by atoms with Crippen LogP contribution in [0.4, 0.5) is 0 Å². The maximum atomic E-state index is 10.9. The Morgan fingerprint density at radius 3 is 2.35 bits per heavy atom. The summed E-state index contributed by atoms with van der Waals surface area (Å²) in [6.07, 6.45) is 0.838. The van der Waals surface area contributed by atoms with Crippen LogP contribution in [0.1, 0.15) is 21.5 Å². The first kappa shape index (κ1) is 12.2. The van der Waals surface area contributed by atoms with Crippen molar-refractivity contribution in [1.29, 1.82) is 0 Å². The molecule has 0 unspecified atom stereocenters. The highest BCUT2D eigenvalue weighted by molar-refractivity contribution is 5.84. The molecule has 0 aromatic heterocycles. The zero-order valence-electron chi connectivity index (χ0n) is 10.8. The highest BCUT2D eigenvalue weighted by Gasteiger charge is 1.96. The van der Waals surface area contributed by atoms with Crippen molar-refractivity contribution in [3.63, 3.8) is 0 Å². The number of fused-ring (bicyclic) bond motifs is 1. The van der Waals surface area contributed by atoms with Crippen LogP contribution in [-0.2, 0) is 0 Å². The minimum Gasteiger partial charge on any atom is -0.298 e. The molecule has 0 aliphatic carbocycles. The summed E-state index contributed by atoms with van der Waals surface area (Å²) in [5.41, 5.74) is 2.33. The Balaban J connectivity index is 2.01. The van der Waals surface area contributed by atoms with E-state index < -0.39 is 0 Å². The van der Waals surface area contributed by atoms with E-state index in [0.717, 1.165) is 17.4 Å². The minimum atomic E-state index is 0.626. The average Bonchev–Trinajstić information content (AvgIpc) is 2.53. The van der Waals surface area contributed by atoms with Gasteiger partial charge < -0.3 is 0 Å². The molecule has 0 N–H and O–H groups in total. The predicted octanol–water partition coefficient (Wildman–Crippen LogP) is 4.05. The molecule has 1 heteroatoms. The number of benzene rings is 3. The molecule has 0 heterocycles. The topological polar surface area (TPSA) is 17.1 Å². The molecule has 0 spiro atoms. The summed E-state index contributed by atoms with van der Waals surface area (Å²) in [6.45, 7) is 0. The Morgan fingerprint density at radius 1 is 0.750 bits per heavy atom. The molecular weight excluding hydrogens is 244 g/mol. The molecule has 20 heavy (non-hydrogen) atoms. The number of aldehydes is 1. The lowest BCUT2D eigenvalue weighted by Gasteiger charge is -1.98. The van der Waals surface area contributed by atoms with Crippen LogP contribution >= 0.6 is 0 Å². The third-order valence-corrected chi connectivity index (χ3v) is 3.18. The van der Waals surface area contributed by atoms with Crippen molar-refractivity contribution in [2.45, 2.75) is 0 Å². The first-order valence-electron chi connectivity index (χ1n) is 6.42. The van der Waals surface area contributed by atoms with Gasteiger partial charge in [-0.05, 0) is 29.0 Å². The van der Waals surface area contributed by atoms with E-state index in [1.807, 2.05) is 36.4 Å². The Kier molecular flexibility index (Phi) is 3.31. The van der Waals surface area contributed by atoms with E-state index in [4.69, 9.17) is 0 Å². The van der Waals surface area contributed by atoms with E-state index >= 15 is 0 Å². The van der Waals surface area contributed by atoms with Crippen LogP contribution in [0.2, 0.25) is 0 Å². The number of hydrogen-bond acceptors (Lipinski definition) is 1. The summed E-state index contributed by atoms with van der Waals surface area (Å²) in [6, 6.07) is 21.7. The van der Waals surface area contributed by atoms with E-state index in [1.165, 1.54) is 10.8 Å². The van der Waals surface area contributed by atoms with Crippen LogP contribution in [0.5, 0.6) is 0 Å². The molecule has 0 amide bonds. The van der Waals surface area contributed by atoms with Gasteiger partial charge >= 0.3 is 0 Å². The summed E-state index contributed by atoms with van der Waals surface area (Å²) < 4.78 is 0. The van der Waals surface area contributed by atoms with Crippen molar-refractivity contribution < 1.29 is 4.79 Å².